The quantitative estimate of drug-likeness (QED) is 0.769. The number of halogens is 2. The molecule has 0 bridgehead atoms. The highest BCUT2D eigenvalue weighted by Crippen LogP contribution is 2.28. The standard InChI is InChI=1S/C17H18ClFN4O3/c1-2-22-10-12(9-21-22)23-7-6-17(26,16(23)25)15(24)20-8-11-4-3-5-13(18)14(11)19/h3-5,9-10,26H,2,6-8H2,1H3,(H,20,24). The van der Waals surface area contributed by atoms with Crippen LogP contribution in [0.25, 0.3) is 0 Å². The van der Waals surface area contributed by atoms with E-state index in [2.05, 4.69) is 10.4 Å². The monoisotopic (exact) mass is 380 g/mol. The van der Waals surface area contributed by atoms with Gasteiger partial charge in [0, 0.05) is 37.8 Å². The third-order valence-corrected chi connectivity index (χ3v) is 4.69. The van der Waals surface area contributed by atoms with E-state index in [1.54, 1.807) is 16.9 Å². The van der Waals surface area contributed by atoms with Gasteiger partial charge in [0.2, 0.25) is 5.60 Å². The average molecular weight is 381 g/mol. The molecule has 2 N–H and O–H groups in total. The first kappa shape index (κ1) is 18.3. The number of nitrogens with zero attached hydrogens (tertiary/aromatic N) is 3. The molecule has 1 aromatic carbocycles. The van der Waals surface area contributed by atoms with Gasteiger partial charge in [-0.2, -0.15) is 5.10 Å². The molecule has 1 aromatic heterocycles. The Morgan fingerprint density at radius 3 is 2.96 bits per heavy atom. The Bertz CT molecular complexity index is 856. The molecule has 1 fully saturated rings. The van der Waals surface area contributed by atoms with Crippen LogP contribution in [0.2, 0.25) is 5.02 Å². The lowest BCUT2D eigenvalue weighted by Gasteiger charge is -2.21. The van der Waals surface area contributed by atoms with Crippen LogP contribution >= 0.6 is 11.6 Å². The van der Waals surface area contributed by atoms with Crippen molar-refractivity contribution in [3.05, 3.63) is 47.0 Å². The predicted molar refractivity (Wildman–Crippen MR) is 93.1 cm³/mol. The van der Waals surface area contributed by atoms with E-state index in [4.69, 9.17) is 11.6 Å². The van der Waals surface area contributed by atoms with Crippen molar-refractivity contribution in [2.24, 2.45) is 0 Å². The molecule has 1 saturated heterocycles. The summed E-state index contributed by atoms with van der Waals surface area (Å²) in [6, 6.07) is 4.41. The molecule has 138 valence electrons. The minimum atomic E-state index is -2.19. The van der Waals surface area contributed by atoms with Crippen molar-refractivity contribution in [1.82, 2.24) is 15.1 Å². The Labute approximate surface area is 154 Å². The van der Waals surface area contributed by atoms with Crippen molar-refractivity contribution >= 4 is 29.1 Å². The molecule has 2 aromatic rings. The Kier molecular flexibility index (Phi) is 4.97. The number of nitrogens with one attached hydrogen (secondary N) is 1. The zero-order valence-electron chi connectivity index (χ0n) is 14.1. The number of amides is 2. The first-order valence-corrected chi connectivity index (χ1v) is 8.52. The van der Waals surface area contributed by atoms with Gasteiger partial charge < -0.3 is 15.3 Å². The van der Waals surface area contributed by atoms with Crippen LogP contribution in [-0.2, 0) is 22.7 Å². The van der Waals surface area contributed by atoms with Crippen molar-refractivity contribution in [1.29, 1.82) is 0 Å². The molecule has 2 amide bonds. The number of anilines is 1. The van der Waals surface area contributed by atoms with Crippen LogP contribution < -0.4 is 10.2 Å². The number of rotatable bonds is 5. The van der Waals surface area contributed by atoms with E-state index in [1.807, 2.05) is 6.92 Å². The second-order valence-corrected chi connectivity index (χ2v) is 6.42. The zero-order chi connectivity index (χ0) is 18.9. The third-order valence-electron chi connectivity index (χ3n) is 4.40. The molecule has 26 heavy (non-hydrogen) atoms. The summed E-state index contributed by atoms with van der Waals surface area (Å²) in [6.07, 6.45) is 3.11. The Balaban J connectivity index is 1.70. The number of hydrogen-bond donors (Lipinski definition) is 2. The number of carbonyl (C=O) groups excluding carboxylic acids is 2. The zero-order valence-corrected chi connectivity index (χ0v) is 14.8. The van der Waals surface area contributed by atoms with Crippen LogP contribution in [0.4, 0.5) is 10.1 Å². The first-order valence-electron chi connectivity index (χ1n) is 8.15. The third kappa shape index (κ3) is 3.17. The van der Waals surface area contributed by atoms with Gasteiger partial charge in [0.25, 0.3) is 11.8 Å². The number of hydrogen-bond acceptors (Lipinski definition) is 4. The van der Waals surface area contributed by atoms with Crippen molar-refractivity contribution < 1.29 is 19.1 Å². The van der Waals surface area contributed by atoms with Crippen molar-refractivity contribution in [3.63, 3.8) is 0 Å². The van der Waals surface area contributed by atoms with Crippen molar-refractivity contribution in [2.75, 3.05) is 11.4 Å². The number of carbonyl (C=O) groups is 2. The predicted octanol–water partition coefficient (Wildman–Crippen LogP) is 1.48. The van der Waals surface area contributed by atoms with Crippen LogP contribution in [0.3, 0.4) is 0 Å². The van der Waals surface area contributed by atoms with E-state index in [-0.39, 0.29) is 30.1 Å². The van der Waals surface area contributed by atoms with Crippen LogP contribution in [0, 0.1) is 5.82 Å². The fraction of sp³-hybridized carbons (Fsp3) is 0.353. The molecule has 1 atom stereocenters. The largest absolute Gasteiger partial charge is 0.372 e. The van der Waals surface area contributed by atoms with Gasteiger partial charge >= 0.3 is 0 Å². The lowest BCUT2D eigenvalue weighted by Crippen LogP contribution is -2.52. The molecule has 1 aliphatic rings. The minimum Gasteiger partial charge on any atom is -0.372 e. The summed E-state index contributed by atoms with van der Waals surface area (Å²) in [5.41, 5.74) is -1.51. The Morgan fingerprint density at radius 2 is 2.27 bits per heavy atom. The maximum absolute atomic E-state index is 13.9. The highest BCUT2D eigenvalue weighted by Gasteiger charge is 2.51. The summed E-state index contributed by atoms with van der Waals surface area (Å²) < 4.78 is 15.5. The number of aliphatic hydroxyl groups is 1. The summed E-state index contributed by atoms with van der Waals surface area (Å²) in [7, 11) is 0. The van der Waals surface area contributed by atoms with Crippen LogP contribution in [0.1, 0.15) is 18.9 Å². The van der Waals surface area contributed by atoms with E-state index in [0.717, 1.165) is 0 Å². The Morgan fingerprint density at radius 1 is 1.50 bits per heavy atom. The highest BCUT2D eigenvalue weighted by atomic mass is 35.5. The fourth-order valence-electron chi connectivity index (χ4n) is 2.83. The minimum absolute atomic E-state index is 0.0625. The summed E-state index contributed by atoms with van der Waals surface area (Å²) in [4.78, 5) is 26.3. The van der Waals surface area contributed by atoms with Gasteiger partial charge in [-0.15, -0.1) is 0 Å². The van der Waals surface area contributed by atoms with Gasteiger partial charge in [0.15, 0.2) is 0 Å². The molecule has 0 saturated carbocycles. The van der Waals surface area contributed by atoms with Crippen molar-refractivity contribution in [3.8, 4) is 0 Å². The van der Waals surface area contributed by atoms with Gasteiger partial charge in [-0.25, -0.2) is 4.39 Å². The normalized spacial score (nSPS) is 19.8. The maximum atomic E-state index is 13.9. The summed E-state index contributed by atoms with van der Waals surface area (Å²) >= 11 is 5.70. The second kappa shape index (κ2) is 7.05. The van der Waals surface area contributed by atoms with E-state index >= 15 is 0 Å². The van der Waals surface area contributed by atoms with E-state index in [0.29, 0.717) is 12.2 Å². The molecule has 1 aliphatic heterocycles. The van der Waals surface area contributed by atoms with Gasteiger partial charge in [0.05, 0.1) is 16.9 Å². The molecular weight excluding hydrogens is 363 g/mol. The van der Waals surface area contributed by atoms with Gasteiger partial charge in [-0.3, -0.25) is 14.3 Å². The second-order valence-electron chi connectivity index (χ2n) is 6.02. The fourth-order valence-corrected chi connectivity index (χ4v) is 3.03. The van der Waals surface area contributed by atoms with Gasteiger partial charge in [0.1, 0.15) is 5.82 Å². The molecule has 1 unspecified atom stereocenters. The first-order chi connectivity index (χ1) is 12.4. The number of aryl methyl sites for hydroxylation is 1. The molecule has 3 rings (SSSR count). The van der Waals surface area contributed by atoms with E-state index in [1.165, 1.54) is 23.2 Å². The molecule has 0 aliphatic carbocycles. The van der Waals surface area contributed by atoms with Crippen LogP contribution in [0.5, 0.6) is 0 Å². The molecule has 0 radical (unpaired) electrons. The lowest BCUT2D eigenvalue weighted by molar-refractivity contribution is -0.149. The van der Waals surface area contributed by atoms with Crippen molar-refractivity contribution in [2.45, 2.75) is 32.0 Å². The summed E-state index contributed by atoms with van der Waals surface area (Å²) in [5.74, 6) is -2.24. The number of benzene rings is 1. The average Bonchev–Trinajstić information content (AvgIpc) is 3.22. The van der Waals surface area contributed by atoms with Gasteiger partial charge in [-0.1, -0.05) is 23.7 Å². The maximum Gasteiger partial charge on any atom is 0.268 e. The van der Waals surface area contributed by atoms with Crippen LogP contribution in [-0.4, -0.2) is 38.8 Å². The van der Waals surface area contributed by atoms with E-state index < -0.39 is 23.2 Å². The summed E-state index contributed by atoms with van der Waals surface area (Å²) in [6.45, 7) is 2.54. The van der Waals surface area contributed by atoms with Crippen LogP contribution in [0.15, 0.2) is 30.6 Å². The molecule has 2 heterocycles. The SMILES string of the molecule is CCn1cc(N2CCC(O)(C(=O)NCc3cccc(Cl)c3F)C2=O)cn1. The highest BCUT2D eigenvalue weighted by molar-refractivity contribution is 6.30. The smallest absolute Gasteiger partial charge is 0.268 e. The Hall–Kier alpha value is -2.45. The molecular formula is C17H18ClFN4O3. The summed E-state index contributed by atoms with van der Waals surface area (Å²) in [5, 5.41) is 17.0. The topological polar surface area (TPSA) is 87.5 Å². The lowest BCUT2D eigenvalue weighted by atomic mass is 10.0. The molecule has 7 nitrogen and oxygen atoms in total. The van der Waals surface area contributed by atoms with E-state index in [9.17, 15) is 19.1 Å². The molecule has 9 heteroatoms. The molecule has 0 spiro atoms. The number of aromatic nitrogens is 2. The van der Waals surface area contributed by atoms with Gasteiger partial charge in [-0.05, 0) is 13.0 Å².